The molecule has 0 bridgehead atoms. The Balaban J connectivity index is 2.37. The molecular weight excluding hydrogens is 240 g/mol. The third-order valence-corrected chi connectivity index (χ3v) is 2.63. The van der Waals surface area contributed by atoms with Crippen LogP contribution in [0.2, 0.25) is 0 Å². The molecule has 0 amide bonds. The predicted molar refractivity (Wildman–Crippen MR) is 74.8 cm³/mol. The van der Waals surface area contributed by atoms with Crippen LogP contribution in [-0.4, -0.2) is 21.6 Å². The molecule has 1 aromatic heterocycles. The second kappa shape index (κ2) is 6.13. The Morgan fingerprint density at radius 1 is 1.16 bits per heavy atom. The van der Waals surface area contributed by atoms with Crippen LogP contribution in [0.1, 0.15) is 25.8 Å². The van der Waals surface area contributed by atoms with Crippen LogP contribution in [0, 0.1) is 0 Å². The molecule has 2 aromatic rings. The number of anilines is 1. The molecular formula is C14H18N4O. The molecule has 1 aromatic carbocycles. The van der Waals surface area contributed by atoms with Gasteiger partial charge in [-0.25, -0.2) is 0 Å². The zero-order valence-electron chi connectivity index (χ0n) is 11.3. The van der Waals surface area contributed by atoms with Gasteiger partial charge in [0, 0.05) is 5.56 Å². The molecule has 0 atom stereocenters. The fourth-order valence-electron chi connectivity index (χ4n) is 1.85. The van der Waals surface area contributed by atoms with Gasteiger partial charge in [-0.2, -0.15) is 15.0 Å². The number of nitrogens with zero attached hydrogens (tertiary/aromatic N) is 3. The van der Waals surface area contributed by atoms with Crippen LogP contribution in [0.5, 0.6) is 6.01 Å². The van der Waals surface area contributed by atoms with Crippen molar-refractivity contribution in [1.29, 1.82) is 0 Å². The van der Waals surface area contributed by atoms with Crippen molar-refractivity contribution in [2.24, 2.45) is 0 Å². The Hall–Kier alpha value is -2.17. The topological polar surface area (TPSA) is 73.9 Å². The van der Waals surface area contributed by atoms with Crippen molar-refractivity contribution >= 4 is 5.95 Å². The van der Waals surface area contributed by atoms with Gasteiger partial charge in [0.05, 0.1) is 6.61 Å². The molecule has 0 radical (unpaired) electrons. The number of aryl methyl sites for hydroxylation is 1. The summed E-state index contributed by atoms with van der Waals surface area (Å²) in [5, 5.41) is 0. The van der Waals surface area contributed by atoms with Crippen molar-refractivity contribution in [3.63, 3.8) is 0 Å². The van der Waals surface area contributed by atoms with Gasteiger partial charge >= 0.3 is 6.01 Å². The van der Waals surface area contributed by atoms with Gasteiger partial charge in [-0.1, -0.05) is 31.5 Å². The lowest BCUT2D eigenvalue weighted by Gasteiger charge is -2.06. The lowest BCUT2D eigenvalue weighted by molar-refractivity contribution is 0.312. The molecule has 0 aliphatic rings. The van der Waals surface area contributed by atoms with Crippen LogP contribution in [0.25, 0.3) is 11.4 Å². The third kappa shape index (κ3) is 3.40. The van der Waals surface area contributed by atoms with Crippen LogP contribution in [0.4, 0.5) is 5.95 Å². The second-order valence-electron chi connectivity index (χ2n) is 4.18. The molecule has 0 saturated carbocycles. The van der Waals surface area contributed by atoms with Crippen LogP contribution in [0.3, 0.4) is 0 Å². The van der Waals surface area contributed by atoms with Gasteiger partial charge in [-0.05, 0) is 25.0 Å². The molecule has 0 unspecified atom stereocenters. The Bertz CT molecular complexity index is 557. The molecule has 0 spiro atoms. The van der Waals surface area contributed by atoms with Gasteiger partial charge in [-0.15, -0.1) is 0 Å². The smallest absolute Gasteiger partial charge is 0.321 e. The first-order chi connectivity index (χ1) is 9.22. The second-order valence-corrected chi connectivity index (χ2v) is 4.18. The third-order valence-electron chi connectivity index (χ3n) is 2.63. The van der Waals surface area contributed by atoms with E-state index >= 15 is 0 Å². The maximum atomic E-state index is 5.68. The zero-order chi connectivity index (χ0) is 13.7. The normalized spacial score (nSPS) is 10.4. The van der Waals surface area contributed by atoms with E-state index in [0.29, 0.717) is 12.4 Å². The van der Waals surface area contributed by atoms with Gasteiger partial charge in [0.1, 0.15) is 0 Å². The minimum absolute atomic E-state index is 0.175. The summed E-state index contributed by atoms with van der Waals surface area (Å²) in [7, 11) is 0. The Kier molecular flexibility index (Phi) is 4.28. The van der Waals surface area contributed by atoms with Crippen molar-refractivity contribution in [2.45, 2.75) is 26.7 Å². The highest BCUT2D eigenvalue weighted by Gasteiger charge is 2.08. The maximum absolute atomic E-state index is 5.68. The fraction of sp³-hybridized carbons (Fsp3) is 0.357. The zero-order valence-corrected chi connectivity index (χ0v) is 11.3. The summed E-state index contributed by atoms with van der Waals surface area (Å²) in [4.78, 5) is 12.4. The van der Waals surface area contributed by atoms with Crippen molar-refractivity contribution in [1.82, 2.24) is 15.0 Å². The average Bonchev–Trinajstić information content (AvgIpc) is 2.39. The minimum atomic E-state index is 0.175. The van der Waals surface area contributed by atoms with Crippen LogP contribution < -0.4 is 10.5 Å². The molecule has 1 heterocycles. The molecule has 100 valence electrons. The molecule has 0 aliphatic carbocycles. The van der Waals surface area contributed by atoms with E-state index in [1.54, 1.807) is 0 Å². The van der Waals surface area contributed by atoms with E-state index < -0.39 is 0 Å². The monoisotopic (exact) mass is 258 g/mol. The van der Waals surface area contributed by atoms with Gasteiger partial charge in [0.25, 0.3) is 0 Å². The summed E-state index contributed by atoms with van der Waals surface area (Å²) in [6.45, 7) is 4.53. The van der Waals surface area contributed by atoms with Crippen LogP contribution in [-0.2, 0) is 6.42 Å². The molecule has 0 aliphatic heterocycles. The van der Waals surface area contributed by atoms with E-state index in [2.05, 4.69) is 34.0 Å². The standard InChI is InChI=1S/C14H18N4O/c1-3-6-10-7-5-8-11(9-10)12-16-13(15)18-14(17-12)19-4-2/h5,7-9H,3-4,6H2,1-2H3,(H2,15,16,17,18). The van der Waals surface area contributed by atoms with Gasteiger partial charge in [0.15, 0.2) is 5.82 Å². The molecule has 0 saturated heterocycles. The van der Waals surface area contributed by atoms with Crippen molar-refractivity contribution in [2.75, 3.05) is 12.3 Å². The van der Waals surface area contributed by atoms with Gasteiger partial charge in [0.2, 0.25) is 5.95 Å². The highest BCUT2D eigenvalue weighted by molar-refractivity contribution is 5.57. The van der Waals surface area contributed by atoms with Crippen LogP contribution >= 0.6 is 0 Å². The molecule has 19 heavy (non-hydrogen) atoms. The Morgan fingerprint density at radius 3 is 2.74 bits per heavy atom. The first-order valence-electron chi connectivity index (χ1n) is 6.46. The first-order valence-corrected chi connectivity index (χ1v) is 6.46. The van der Waals surface area contributed by atoms with Crippen molar-refractivity contribution in [3.8, 4) is 17.4 Å². The van der Waals surface area contributed by atoms with Gasteiger partial charge < -0.3 is 10.5 Å². The van der Waals surface area contributed by atoms with E-state index in [-0.39, 0.29) is 12.0 Å². The molecule has 0 fully saturated rings. The van der Waals surface area contributed by atoms with Crippen molar-refractivity contribution < 1.29 is 4.74 Å². The fourth-order valence-corrected chi connectivity index (χ4v) is 1.85. The number of aromatic nitrogens is 3. The van der Waals surface area contributed by atoms with Crippen LogP contribution in [0.15, 0.2) is 24.3 Å². The van der Waals surface area contributed by atoms with E-state index in [1.807, 2.05) is 19.1 Å². The Labute approximate surface area is 112 Å². The molecule has 2 N–H and O–H groups in total. The molecule has 5 nitrogen and oxygen atoms in total. The predicted octanol–water partition coefficient (Wildman–Crippen LogP) is 2.47. The number of nitrogens with two attached hydrogens (primary N) is 1. The number of benzene rings is 1. The van der Waals surface area contributed by atoms with E-state index in [1.165, 1.54) is 5.56 Å². The summed E-state index contributed by atoms with van der Waals surface area (Å²) in [5.41, 5.74) is 7.87. The van der Waals surface area contributed by atoms with E-state index in [0.717, 1.165) is 18.4 Å². The summed E-state index contributed by atoms with van der Waals surface area (Å²) in [6.07, 6.45) is 2.14. The highest BCUT2D eigenvalue weighted by Crippen LogP contribution is 2.19. The highest BCUT2D eigenvalue weighted by atomic mass is 16.5. The summed E-state index contributed by atoms with van der Waals surface area (Å²) >= 11 is 0. The lowest BCUT2D eigenvalue weighted by Crippen LogP contribution is -2.04. The van der Waals surface area contributed by atoms with Gasteiger partial charge in [-0.3, -0.25) is 0 Å². The number of hydrogen-bond acceptors (Lipinski definition) is 5. The number of rotatable bonds is 5. The summed E-state index contributed by atoms with van der Waals surface area (Å²) in [6, 6.07) is 8.41. The summed E-state index contributed by atoms with van der Waals surface area (Å²) in [5.74, 6) is 0.725. The number of nitrogen functional groups attached to an aromatic ring is 1. The average molecular weight is 258 g/mol. The Morgan fingerprint density at radius 2 is 2.00 bits per heavy atom. The first kappa shape index (κ1) is 13.3. The number of hydrogen-bond donors (Lipinski definition) is 1. The molecule has 2 rings (SSSR count). The number of ether oxygens (including phenoxy) is 1. The van der Waals surface area contributed by atoms with Crippen molar-refractivity contribution in [3.05, 3.63) is 29.8 Å². The molecule has 5 heteroatoms. The lowest BCUT2D eigenvalue weighted by atomic mass is 10.1. The SMILES string of the molecule is CCCc1cccc(-c2nc(N)nc(OCC)n2)c1. The largest absolute Gasteiger partial charge is 0.464 e. The maximum Gasteiger partial charge on any atom is 0.321 e. The minimum Gasteiger partial charge on any atom is -0.464 e. The summed E-state index contributed by atoms with van der Waals surface area (Å²) < 4.78 is 5.28. The quantitative estimate of drug-likeness (QED) is 0.891. The van der Waals surface area contributed by atoms with E-state index in [4.69, 9.17) is 10.5 Å². The van der Waals surface area contributed by atoms with E-state index in [9.17, 15) is 0 Å².